The van der Waals surface area contributed by atoms with Crippen molar-refractivity contribution in [3.8, 4) is 17.2 Å². The quantitative estimate of drug-likeness (QED) is 0.449. The topological polar surface area (TPSA) is 23.8 Å². The Morgan fingerprint density at radius 1 is 0.900 bits per heavy atom. The Morgan fingerprint density at radius 3 is 2.15 bits per heavy atom. The summed E-state index contributed by atoms with van der Waals surface area (Å²) in [6.07, 6.45) is 0. The number of nitriles is 1. The van der Waals surface area contributed by atoms with E-state index in [1.54, 1.807) is 11.5 Å². The van der Waals surface area contributed by atoms with Gasteiger partial charge in [0.15, 0.2) is 0 Å². The highest BCUT2D eigenvalue weighted by Gasteiger charge is 2.11. The predicted octanol–water partition coefficient (Wildman–Crippen LogP) is 4.08. The molecule has 0 aliphatic carbocycles. The molecular weight excluding hydrogens is 283 g/mol. The van der Waals surface area contributed by atoms with Gasteiger partial charge < -0.3 is 0 Å². The van der Waals surface area contributed by atoms with Crippen molar-refractivity contribution in [2.24, 2.45) is 0 Å². The maximum absolute atomic E-state index is 13.5. The van der Waals surface area contributed by atoms with E-state index in [9.17, 15) is 13.2 Å². The van der Waals surface area contributed by atoms with Gasteiger partial charge in [0.05, 0.1) is 10.5 Å². The van der Waals surface area contributed by atoms with E-state index in [0.717, 1.165) is 12.1 Å². The molecule has 0 aliphatic rings. The van der Waals surface area contributed by atoms with Crippen molar-refractivity contribution in [3.63, 3.8) is 0 Å². The first kappa shape index (κ1) is 14.0. The van der Waals surface area contributed by atoms with Crippen LogP contribution in [0.4, 0.5) is 13.2 Å². The molecule has 20 heavy (non-hydrogen) atoms. The Balaban J connectivity index is 2.38. The molecule has 2 rings (SSSR count). The molecule has 2 aromatic carbocycles. The van der Waals surface area contributed by atoms with Crippen LogP contribution in [-0.4, -0.2) is 0 Å². The molecule has 5 heteroatoms. The lowest BCUT2D eigenvalue weighted by molar-refractivity contribution is 0.540. The highest BCUT2D eigenvalue weighted by Crippen LogP contribution is 2.25. The van der Waals surface area contributed by atoms with Crippen LogP contribution in [-0.2, 0) is 0 Å². The molecule has 2 aromatic rings. The molecule has 0 spiro atoms. The third kappa shape index (κ3) is 3.14. The molecule has 0 aliphatic heterocycles. The van der Waals surface area contributed by atoms with Gasteiger partial charge in [-0.2, -0.15) is 5.26 Å². The summed E-state index contributed by atoms with van der Waals surface area (Å²) >= 11 is 0.402. The highest BCUT2D eigenvalue weighted by molar-refractivity contribution is 8.03. The minimum Gasteiger partial charge on any atom is -0.206 e. The highest BCUT2D eigenvalue weighted by atomic mass is 32.2. The molecule has 0 unspecified atom stereocenters. The van der Waals surface area contributed by atoms with Gasteiger partial charge in [0.1, 0.15) is 22.9 Å². The summed E-state index contributed by atoms with van der Waals surface area (Å²) in [6.45, 7) is 0. The Morgan fingerprint density at radius 2 is 1.55 bits per heavy atom. The Hall–Kier alpha value is -2.37. The lowest BCUT2D eigenvalue weighted by Crippen LogP contribution is -1.89. The molecule has 0 aromatic heterocycles. The average molecular weight is 289 g/mol. The van der Waals surface area contributed by atoms with E-state index in [1.807, 2.05) is 0 Å². The third-order valence-electron chi connectivity index (χ3n) is 2.36. The average Bonchev–Trinajstić information content (AvgIpc) is 2.42. The maximum atomic E-state index is 13.5. The Kier molecular flexibility index (Phi) is 4.34. The molecule has 0 saturated heterocycles. The smallest absolute Gasteiger partial charge is 0.142 e. The molecule has 0 amide bonds. The number of thioether (sulfide) groups is 1. The lowest BCUT2D eigenvalue weighted by atomic mass is 10.1. The second-order valence-electron chi connectivity index (χ2n) is 3.69. The number of benzene rings is 2. The van der Waals surface area contributed by atoms with E-state index in [1.165, 1.54) is 18.2 Å². The van der Waals surface area contributed by atoms with Crippen molar-refractivity contribution in [3.05, 3.63) is 65.0 Å². The fourth-order valence-corrected chi connectivity index (χ4v) is 1.88. The van der Waals surface area contributed by atoms with Gasteiger partial charge in [-0.15, -0.1) is 0 Å². The number of nitrogens with zero attached hydrogens (tertiary/aromatic N) is 1. The van der Waals surface area contributed by atoms with Crippen molar-refractivity contribution < 1.29 is 13.2 Å². The second-order valence-corrected chi connectivity index (χ2v) is 4.49. The van der Waals surface area contributed by atoms with Gasteiger partial charge in [-0.05, 0) is 36.0 Å². The van der Waals surface area contributed by atoms with Crippen molar-refractivity contribution in [2.75, 3.05) is 0 Å². The zero-order valence-electron chi connectivity index (χ0n) is 9.95. The van der Waals surface area contributed by atoms with Crippen LogP contribution >= 0.6 is 11.8 Å². The summed E-state index contributed by atoms with van der Waals surface area (Å²) < 4.78 is 40.4. The van der Waals surface area contributed by atoms with Crippen LogP contribution in [0.1, 0.15) is 11.1 Å². The van der Waals surface area contributed by atoms with Gasteiger partial charge in [-0.1, -0.05) is 24.0 Å². The molecule has 0 saturated carbocycles. The summed E-state index contributed by atoms with van der Waals surface area (Å²) in [5.74, 6) is 2.76. The van der Waals surface area contributed by atoms with Gasteiger partial charge >= 0.3 is 0 Å². The van der Waals surface area contributed by atoms with E-state index in [4.69, 9.17) is 5.26 Å². The molecule has 0 N–H and O–H groups in total. The monoisotopic (exact) mass is 289 g/mol. The minimum atomic E-state index is -0.866. The minimum absolute atomic E-state index is 0.0746. The van der Waals surface area contributed by atoms with Gasteiger partial charge in [-0.3, -0.25) is 0 Å². The fourth-order valence-electron chi connectivity index (χ4n) is 1.48. The molecule has 0 heterocycles. The second kappa shape index (κ2) is 6.18. The number of thiocyanates is 1. The number of halogens is 3. The molecular formula is C15H6F3NS. The first-order valence-electron chi connectivity index (χ1n) is 5.43. The summed E-state index contributed by atoms with van der Waals surface area (Å²) in [5.41, 5.74) is 0.217. The molecule has 1 nitrogen and oxygen atoms in total. The SMILES string of the molecule is N#CSc1c(F)cc(C#Cc2ccccc2F)cc1F. The number of hydrogen-bond acceptors (Lipinski definition) is 2. The van der Waals surface area contributed by atoms with Gasteiger partial charge in [0, 0.05) is 5.56 Å². The Bertz CT molecular complexity index is 731. The van der Waals surface area contributed by atoms with E-state index >= 15 is 0 Å². The summed E-state index contributed by atoms with van der Waals surface area (Å²) in [6, 6.07) is 7.87. The van der Waals surface area contributed by atoms with Crippen LogP contribution in [0.25, 0.3) is 0 Å². The standard InChI is InChI=1S/C15H6F3NS/c16-12-4-2-1-3-11(12)6-5-10-7-13(17)15(20-9-19)14(18)8-10/h1-4,7-8H. The van der Waals surface area contributed by atoms with Crippen molar-refractivity contribution in [1.29, 1.82) is 5.26 Å². The molecule has 0 bridgehead atoms. The number of rotatable bonds is 1. The number of hydrogen-bond donors (Lipinski definition) is 0. The summed E-state index contributed by atoms with van der Waals surface area (Å²) in [7, 11) is 0. The van der Waals surface area contributed by atoms with Gasteiger partial charge in [0.25, 0.3) is 0 Å². The fraction of sp³-hybridized carbons (Fsp3) is 0. The van der Waals surface area contributed by atoms with E-state index in [2.05, 4.69) is 11.8 Å². The largest absolute Gasteiger partial charge is 0.206 e. The first-order chi connectivity index (χ1) is 9.61. The van der Waals surface area contributed by atoms with Crippen molar-refractivity contribution in [1.82, 2.24) is 0 Å². The van der Waals surface area contributed by atoms with Crippen LogP contribution in [0, 0.1) is 40.0 Å². The normalized spacial score (nSPS) is 9.50. The lowest BCUT2D eigenvalue weighted by Gasteiger charge is -2.00. The van der Waals surface area contributed by atoms with E-state index in [-0.39, 0.29) is 16.0 Å². The van der Waals surface area contributed by atoms with Crippen LogP contribution in [0.3, 0.4) is 0 Å². The van der Waals surface area contributed by atoms with Crippen LogP contribution in [0.15, 0.2) is 41.3 Å². The zero-order valence-corrected chi connectivity index (χ0v) is 10.8. The third-order valence-corrected chi connectivity index (χ3v) is 3.05. The van der Waals surface area contributed by atoms with Crippen LogP contribution in [0.5, 0.6) is 0 Å². The van der Waals surface area contributed by atoms with Gasteiger partial charge in [-0.25, -0.2) is 13.2 Å². The molecule has 0 atom stereocenters. The van der Waals surface area contributed by atoms with Gasteiger partial charge in [0.2, 0.25) is 0 Å². The van der Waals surface area contributed by atoms with Crippen LogP contribution in [0.2, 0.25) is 0 Å². The predicted molar refractivity (Wildman–Crippen MR) is 70.2 cm³/mol. The van der Waals surface area contributed by atoms with E-state index in [0.29, 0.717) is 11.8 Å². The van der Waals surface area contributed by atoms with Crippen molar-refractivity contribution >= 4 is 11.8 Å². The summed E-state index contributed by atoms with van der Waals surface area (Å²) in [4.78, 5) is -0.371. The van der Waals surface area contributed by atoms with Crippen LogP contribution < -0.4 is 0 Å². The first-order valence-corrected chi connectivity index (χ1v) is 6.25. The molecule has 0 fully saturated rings. The molecule has 98 valence electrons. The molecule has 0 radical (unpaired) electrons. The van der Waals surface area contributed by atoms with Crippen molar-refractivity contribution in [2.45, 2.75) is 4.90 Å². The maximum Gasteiger partial charge on any atom is 0.142 e. The Labute approximate surface area is 118 Å². The zero-order chi connectivity index (χ0) is 14.5. The van der Waals surface area contributed by atoms with E-state index < -0.39 is 17.5 Å². The summed E-state index contributed by atoms with van der Waals surface area (Å²) in [5, 5.41) is 10.0.